The van der Waals surface area contributed by atoms with Crippen molar-refractivity contribution in [1.82, 2.24) is 19.9 Å². The topological polar surface area (TPSA) is 51.5 Å². The van der Waals surface area contributed by atoms with Gasteiger partial charge < -0.3 is 10.1 Å². The van der Waals surface area contributed by atoms with Crippen LogP contribution in [0.15, 0.2) is 18.6 Å². The minimum atomic E-state index is 0.289. The number of nitrogens with zero attached hydrogens (tertiary/aromatic N) is 3. The van der Waals surface area contributed by atoms with Gasteiger partial charge in [-0.2, -0.15) is 0 Å². The molecule has 2 aromatic heterocycles. The number of ether oxygens (including phenoxy) is 1. The number of hydrogen-bond donors (Lipinski definition) is 1. The number of aromatic nitrogens is 3. The molecule has 0 bridgehead atoms. The van der Waals surface area contributed by atoms with Crippen LogP contribution in [0.25, 0.3) is 5.65 Å². The maximum atomic E-state index is 6.22. The summed E-state index contributed by atoms with van der Waals surface area (Å²) in [5.41, 5.74) is 2.18. The lowest BCUT2D eigenvalue weighted by atomic mass is 10.1. The molecule has 1 aliphatic carbocycles. The second-order valence-electron chi connectivity index (χ2n) is 5.55. The molecule has 5 nitrogen and oxygen atoms in total. The van der Waals surface area contributed by atoms with Crippen molar-refractivity contribution in [2.75, 3.05) is 13.1 Å². The quantitative estimate of drug-likeness (QED) is 0.911. The van der Waals surface area contributed by atoms with Crippen molar-refractivity contribution in [2.45, 2.75) is 37.7 Å². The summed E-state index contributed by atoms with van der Waals surface area (Å²) in [4.78, 5) is 0. The van der Waals surface area contributed by atoms with E-state index >= 15 is 0 Å². The maximum Gasteiger partial charge on any atom is 0.164 e. The third-order valence-electron chi connectivity index (χ3n) is 3.99. The van der Waals surface area contributed by atoms with E-state index in [-0.39, 0.29) is 6.10 Å². The fourth-order valence-electron chi connectivity index (χ4n) is 2.77. The van der Waals surface area contributed by atoms with Crippen LogP contribution >= 0.6 is 0 Å². The molecule has 1 unspecified atom stereocenters. The van der Waals surface area contributed by atoms with Gasteiger partial charge in [-0.25, -0.2) is 0 Å². The molecule has 0 aromatic carbocycles. The van der Waals surface area contributed by atoms with E-state index in [1.165, 1.54) is 24.8 Å². The summed E-state index contributed by atoms with van der Waals surface area (Å²) in [6.45, 7) is 2.06. The molecule has 1 aliphatic heterocycles. The largest absolute Gasteiger partial charge is 0.489 e. The molecule has 2 aromatic rings. The van der Waals surface area contributed by atoms with Crippen molar-refractivity contribution in [1.29, 1.82) is 0 Å². The van der Waals surface area contributed by atoms with Gasteiger partial charge in [0.05, 0.1) is 0 Å². The van der Waals surface area contributed by atoms with Gasteiger partial charge in [0.25, 0.3) is 0 Å². The molecule has 19 heavy (non-hydrogen) atoms. The van der Waals surface area contributed by atoms with E-state index in [2.05, 4.69) is 21.7 Å². The standard InChI is InChI=1S/C14H18N4O/c1-2-11(7-15-5-1)19-13-6-14-17-16-9-18(14)8-12(13)10-3-4-10/h6,8-11,15H,1-5,7H2. The molecule has 5 heteroatoms. The number of rotatable bonds is 3. The fourth-order valence-corrected chi connectivity index (χ4v) is 2.77. The van der Waals surface area contributed by atoms with E-state index in [1.54, 1.807) is 6.33 Å². The van der Waals surface area contributed by atoms with Crippen LogP contribution < -0.4 is 10.1 Å². The summed E-state index contributed by atoms with van der Waals surface area (Å²) in [5, 5.41) is 11.5. The van der Waals surface area contributed by atoms with E-state index in [0.717, 1.165) is 30.9 Å². The Labute approximate surface area is 112 Å². The monoisotopic (exact) mass is 258 g/mol. The Bertz CT molecular complexity index is 584. The van der Waals surface area contributed by atoms with Gasteiger partial charge in [0, 0.05) is 24.4 Å². The molecule has 0 spiro atoms. The van der Waals surface area contributed by atoms with Gasteiger partial charge in [0.1, 0.15) is 18.2 Å². The Morgan fingerprint density at radius 1 is 1.32 bits per heavy atom. The minimum absolute atomic E-state index is 0.289. The van der Waals surface area contributed by atoms with E-state index < -0.39 is 0 Å². The SMILES string of the molecule is c1c(OC2CCCNC2)c(C2CC2)cn2cnnc12. The third kappa shape index (κ3) is 2.18. The third-order valence-corrected chi connectivity index (χ3v) is 3.99. The van der Waals surface area contributed by atoms with Crippen LogP contribution in [0.4, 0.5) is 0 Å². The van der Waals surface area contributed by atoms with Gasteiger partial charge >= 0.3 is 0 Å². The minimum Gasteiger partial charge on any atom is -0.489 e. The van der Waals surface area contributed by atoms with Crippen molar-refractivity contribution in [2.24, 2.45) is 0 Å². The summed E-state index contributed by atoms with van der Waals surface area (Å²) in [6.07, 6.45) is 9.05. The van der Waals surface area contributed by atoms with Crippen LogP contribution in [0.3, 0.4) is 0 Å². The summed E-state index contributed by atoms with van der Waals surface area (Å²) in [5.74, 6) is 1.68. The van der Waals surface area contributed by atoms with Crippen molar-refractivity contribution >= 4 is 5.65 Å². The highest BCUT2D eigenvalue weighted by molar-refractivity contribution is 5.49. The molecule has 1 atom stereocenters. The molecule has 0 radical (unpaired) electrons. The number of piperidine rings is 1. The highest BCUT2D eigenvalue weighted by atomic mass is 16.5. The molecule has 1 N–H and O–H groups in total. The van der Waals surface area contributed by atoms with Crippen LogP contribution in [0.1, 0.15) is 37.2 Å². The molecule has 1 saturated carbocycles. The lowest BCUT2D eigenvalue weighted by Crippen LogP contribution is -2.37. The zero-order valence-electron chi connectivity index (χ0n) is 10.9. The number of nitrogens with one attached hydrogen (secondary N) is 1. The molecular weight excluding hydrogens is 240 g/mol. The lowest BCUT2D eigenvalue weighted by Gasteiger charge is -2.25. The Balaban J connectivity index is 1.67. The molecular formula is C14H18N4O. The number of fused-ring (bicyclic) bond motifs is 1. The van der Waals surface area contributed by atoms with Crippen LogP contribution in [0.2, 0.25) is 0 Å². The first-order valence-electron chi connectivity index (χ1n) is 7.11. The first-order valence-corrected chi connectivity index (χ1v) is 7.11. The van der Waals surface area contributed by atoms with Gasteiger partial charge in [-0.1, -0.05) is 0 Å². The Hall–Kier alpha value is -1.62. The maximum absolute atomic E-state index is 6.22. The molecule has 100 valence electrons. The smallest absolute Gasteiger partial charge is 0.164 e. The van der Waals surface area contributed by atoms with E-state index in [1.807, 2.05) is 10.5 Å². The molecule has 2 aliphatic rings. The molecule has 0 amide bonds. The van der Waals surface area contributed by atoms with Gasteiger partial charge in [0.15, 0.2) is 5.65 Å². The van der Waals surface area contributed by atoms with Crippen LogP contribution in [-0.4, -0.2) is 33.8 Å². The predicted octanol–water partition coefficient (Wildman–Crippen LogP) is 1.74. The average molecular weight is 258 g/mol. The van der Waals surface area contributed by atoms with Gasteiger partial charge in [0.2, 0.25) is 0 Å². The van der Waals surface area contributed by atoms with Crippen molar-refractivity contribution in [3.8, 4) is 5.75 Å². The first kappa shape index (κ1) is 11.2. The second kappa shape index (κ2) is 4.49. The normalized spacial score (nSPS) is 23.7. The Kier molecular flexibility index (Phi) is 2.65. The lowest BCUT2D eigenvalue weighted by molar-refractivity contribution is 0.165. The Morgan fingerprint density at radius 2 is 2.26 bits per heavy atom. The summed E-state index contributed by atoms with van der Waals surface area (Å²) in [7, 11) is 0. The molecule has 2 fully saturated rings. The zero-order valence-corrected chi connectivity index (χ0v) is 10.9. The van der Waals surface area contributed by atoms with Crippen molar-refractivity contribution < 1.29 is 4.74 Å². The Morgan fingerprint density at radius 3 is 3.05 bits per heavy atom. The van der Waals surface area contributed by atoms with Crippen LogP contribution in [-0.2, 0) is 0 Å². The van der Waals surface area contributed by atoms with Crippen LogP contribution in [0.5, 0.6) is 5.75 Å². The second-order valence-corrected chi connectivity index (χ2v) is 5.55. The first-order chi connectivity index (χ1) is 9.40. The zero-order chi connectivity index (χ0) is 12.7. The summed E-state index contributed by atoms with van der Waals surface area (Å²) >= 11 is 0. The van der Waals surface area contributed by atoms with Crippen LogP contribution in [0, 0.1) is 0 Å². The molecule has 4 rings (SSSR count). The van der Waals surface area contributed by atoms with E-state index in [9.17, 15) is 0 Å². The van der Waals surface area contributed by atoms with Gasteiger partial charge in [-0.15, -0.1) is 10.2 Å². The predicted molar refractivity (Wildman–Crippen MR) is 71.5 cm³/mol. The van der Waals surface area contributed by atoms with Crippen molar-refractivity contribution in [3.63, 3.8) is 0 Å². The molecule has 3 heterocycles. The fraction of sp³-hybridized carbons (Fsp3) is 0.571. The number of hydrogen-bond acceptors (Lipinski definition) is 4. The highest BCUT2D eigenvalue weighted by Gasteiger charge is 2.29. The van der Waals surface area contributed by atoms with Gasteiger partial charge in [-0.05, 0) is 38.1 Å². The van der Waals surface area contributed by atoms with Crippen molar-refractivity contribution in [3.05, 3.63) is 24.2 Å². The number of pyridine rings is 1. The molecule has 1 saturated heterocycles. The summed E-state index contributed by atoms with van der Waals surface area (Å²) < 4.78 is 8.21. The summed E-state index contributed by atoms with van der Waals surface area (Å²) in [6, 6.07) is 2.04. The average Bonchev–Trinajstić information content (AvgIpc) is 3.18. The van der Waals surface area contributed by atoms with E-state index in [0.29, 0.717) is 5.92 Å². The van der Waals surface area contributed by atoms with E-state index in [4.69, 9.17) is 4.74 Å². The van der Waals surface area contributed by atoms with Gasteiger partial charge in [-0.3, -0.25) is 4.40 Å². The highest BCUT2D eigenvalue weighted by Crippen LogP contribution is 2.44.